The summed E-state index contributed by atoms with van der Waals surface area (Å²) in [5.41, 5.74) is 2.06. The third-order valence-electron chi connectivity index (χ3n) is 2.56. The monoisotopic (exact) mass is 232 g/mol. The number of aliphatic hydroxyl groups is 1. The van der Waals surface area contributed by atoms with E-state index >= 15 is 0 Å². The highest BCUT2D eigenvalue weighted by atomic mass is 16.4. The van der Waals surface area contributed by atoms with Crippen LogP contribution in [0.15, 0.2) is 22.6 Å². The Bertz CT molecular complexity index is 539. The number of rotatable bonds is 2. The molecule has 4 nitrogen and oxygen atoms in total. The molecular formula is C13H16N2O2. The molecule has 0 atom stereocenters. The fourth-order valence-electron chi connectivity index (χ4n) is 1.63. The fourth-order valence-corrected chi connectivity index (χ4v) is 1.63. The summed E-state index contributed by atoms with van der Waals surface area (Å²) in [5.74, 6) is 0.673. The summed E-state index contributed by atoms with van der Waals surface area (Å²) in [7, 11) is 0. The predicted octanol–water partition coefficient (Wildman–Crippen LogP) is 2.58. The van der Waals surface area contributed by atoms with Crippen LogP contribution in [0, 0.1) is 13.8 Å². The molecule has 0 spiro atoms. The maximum absolute atomic E-state index is 9.77. The third kappa shape index (κ3) is 2.36. The minimum absolute atomic E-state index is 0.229. The molecule has 90 valence electrons. The van der Waals surface area contributed by atoms with Crippen LogP contribution >= 0.6 is 0 Å². The average molecular weight is 232 g/mol. The van der Waals surface area contributed by atoms with Gasteiger partial charge in [0.25, 0.3) is 0 Å². The molecule has 1 aromatic heterocycles. The van der Waals surface area contributed by atoms with Crippen molar-refractivity contribution in [1.82, 2.24) is 10.2 Å². The lowest BCUT2D eigenvalue weighted by Crippen LogP contribution is -2.15. The zero-order chi connectivity index (χ0) is 12.6. The second-order valence-electron chi connectivity index (χ2n) is 4.79. The van der Waals surface area contributed by atoms with Crippen LogP contribution in [0.25, 0.3) is 11.5 Å². The molecule has 0 bridgehead atoms. The summed E-state index contributed by atoms with van der Waals surface area (Å²) in [4.78, 5) is 0. The fraction of sp³-hybridized carbons (Fsp3) is 0.385. The molecule has 0 saturated heterocycles. The summed E-state index contributed by atoms with van der Waals surface area (Å²) in [6, 6.07) is 6.01. The topological polar surface area (TPSA) is 59.2 Å². The first-order valence-corrected chi connectivity index (χ1v) is 5.52. The first-order valence-electron chi connectivity index (χ1n) is 5.52. The van der Waals surface area contributed by atoms with Crippen molar-refractivity contribution in [2.24, 2.45) is 0 Å². The number of aryl methyl sites for hydroxylation is 2. The zero-order valence-corrected chi connectivity index (χ0v) is 10.5. The lowest BCUT2D eigenvalue weighted by molar-refractivity contribution is 0.0488. The molecule has 0 fully saturated rings. The van der Waals surface area contributed by atoms with Gasteiger partial charge in [0.2, 0.25) is 11.8 Å². The molecule has 0 aliphatic carbocycles. The van der Waals surface area contributed by atoms with Crippen molar-refractivity contribution in [2.75, 3.05) is 0 Å². The Morgan fingerprint density at radius 1 is 1.18 bits per heavy atom. The lowest BCUT2D eigenvalue weighted by atomic mass is 10.1. The van der Waals surface area contributed by atoms with Gasteiger partial charge in [-0.25, -0.2) is 0 Å². The molecule has 0 saturated carbocycles. The number of hydrogen-bond donors (Lipinski definition) is 1. The van der Waals surface area contributed by atoms with Gasteiger partial charge in [0.05, 0.1) is 0 Å². The van der Waals surface area contributed by atoms with Gasteiger partial charge < -0.3 is 9.52 Å². The molecule has 2 aromatic rings. The van der Waals surface area contributed by atoms with Crippen molar-refractivity contribution in [3.63, 3.8) is 0 Å². The van der Waals surface area contributed by atoms with E-state index in [4.69, 9.17) is 4.42 Å². The largest absolute Gasteiger partial charge is 0.418 e. The lowest BCUT2D eigenvalue weighted by Gasteiger charge is -2.10. The van der Waals surface area contributed by atoms with E-state index in [1.54, 1.807) is 13.8 Å². The highest BCUT2D eigenvalue weighted by Crippen LogP contribution is 2.26. The summed E-state index contributed by atoms with van der Waals surface area (Å²) < 4.78 is 5.48. The molecule has 4 heteroatoms. The van der Waals surface area contributed by atoms with Crippen LogP contribution in [-0.2, 0) is 5.60 Å². The Morgan fingerprint density at radius 3 is 2.41 bits per heavy atom. The van der Waals surface area contributed by atoms with Gasteiger partial charge in [-0.2, -0.15) is 0 Å². The van der Waals surface area contributed by atoms with Crippen LogP contribution in [0.1, 0.15) is 30.9 Å². The van der Waals surface area contributed by atoms with Gasteiger partial charge in [-0.3, -0.25) is 0 Å². The number of aromatic nitrogens is 2. The number of hydrogen-bond acceptors (Lipinski definition) is 4. The Kier molecular flexibility index (Phi) is 2.75. The maximum atomic E-state index is 9.77. The zero-order valence-electron chi connectivity index (χ0n) is 10.5. The standard InChI is InChI=1S/C13H16N2O2/c1-8-5-6-10(9(2)7-8)11-14-15-12(17-11)13(3,4)16/h5-7,16H,1-4H3. The van der Waals surface area contributed by atoms with E-state index in [0.717, 1.165) is 11.1 Å². The smallest absolute Gasteiger partial charge is 0.248 e. The van der Waals surface area contributed by atoms with Crippen molar-refractivity contribution in [3.05, 3.63) is 35.2 Å². The second kappa shape index (κ2) is 3.96. The van der Waals surface area contributed by atoms with Gasteiger partial charge in [0, 0.05) is 5.56 Å². The van der Waals surface area contributed by atoms with E-state index in [-0.39, 0.29) is 5.89 Å². The predicted molar refractivity (Wildman–Crippen MR) is 64.5 cm³/mol. The van der Waals surface area contributed by atoms with Gasteiger partial charge in [0.15, 0.2) is 0 Å². The van der Waals surface area contributed by atoms with E-state index in [9.17, 15) is 5.11 Å². The number of benzene rings is 1. The average Bonchev–Trinajstić information content (AvgIpc) is 2.65. The van der Waals surface area contributed by atoms with E-state index in [2.05, 4.69) is 16.3 Å². The molecular weight excluding hydrogens is 216 g/mol. The second-order valence-corrected chi connectivity index (χ2v) is 4.79. The van der Waals surface area contributed by atoms with Crippen LogP contribution < -0.4 is 0 Å². The molecule has 17 heavy (non-hydrogen) atoms. The molecule has 0 aliphatic rings. The first-order chi connectivity index (χ1) is 7.88. The van der Waals surface area contributed by atoms with Crippen LogP contribution in [0.3, 0.4) is 0 Å². The van der Waals surface area contributed by atoms with Gasteiger partial charge in [-0.15, -0.1) is 10.2 Å². The Hall–Kier alpha value is -1.68. The molecule has 2 rings (SSSR count). The SMILES string of the molecule is Cc1ccc(-c2nnc(C(C)(C)O)o2)c(C)c1. The van der Waals surface area contributed by atoms with Gasteiger partial charge >= 0.3 is 0 Å². The summed E-state index contributed by atoms with van der Waals surface area (Å²) in [6.45, 7) is 7.27. The molecule has 1 aromatic carbocycles. The first kappa shape index (κ1) is 11.8. The number of nitrogens with zero attached hydrogens (tertiary/aromatic N) is 2. The summed E-state index contributed by atoms with van der Waals surface area (Å²) >= 11 is 0. The highest BCUT2D eigenvalue weighted by molar-refractivity contribution is 5.58. The summed E-state index contributed by atoms with van der Waals surface area (Å²) in [5, 5.41) is 17.6. The molecule has 1 heterocycles. The summed E-state index contributed by atoms with van der Waals surface area (Å²) in [6.07, 6.45) is 0. The Labute approximate surface area is 100 Å². The third-order valence-corrected chi connectivity index (χ3v) is 2.56. The molecule has 0 radical (unpaired) electrons. The van der Waals surface area contributed by atoms with Crippen LogP contribution in [-0.4, -0.2) is 15.3 Å². The Balaban J connectivity index is 2.44. The van der Waals surface area contributed by atoms with Gasteiger partial charge in [-0.1, -0.05) is 17.7 Å². The van der Waals surface area contributed by atoms with Crippen LogP contribution in [0.4, 0.5) is 0 Å². The van der Waals surface area contributed by atoms with Crippen molar-refractivity contribution in [3.8, 4) is 11.5 Å². The highest BCUT2D eigenvalue weighted by Gasteiger charge is 2.24. The Morgan fingerprint density at radius 2 is 1.88 bits per heavy atom. The minimum atomic E-state index is -1.11. The molecule has 0 aliphatic heterocycles. The molecule has 0 amide bonds. The normalized spacial score (nSPS) is 11.8. The van der Waals surface area contributed by atoms with Crippen molar-refractivity contribution in [2.45, 2.75) is 33.3 Å². The van der Waals surface area contributed by atoms with Gasteiger partial charge in [0.1, 0.15) is 5.60 Å². The van der Waals surface area contributed by atoms with E-state index in [1.165, 1.54) is 5.56 Å². The quantitative estimate of drug-likeness (QED) is 0.864. The van der Waals surface area contributed by atoms with E-state index in [1.807, 2.05) is 26.0 Å². The van der Waals surface area contributed by atoms with Crippen LogP contribution in [0.5, 0.6) is 0 Å². The van der Waals surface area contributed by atoms with E-state index in [0.29, 0.717) is 5.89 Å². The van der Waals surface area contributed by atoms with Crippen molar-refractivity contribution >= 4 is 0 Å². The van der Waals surface area contributed by atoms with Crippen molar-refractivity contribution < 1.29 is 9.52 Å². The van der Waals surface area contributed by atoms with Crippen LogP contribution in [0.2, 0.25) is 0 Å². The van der Waals surface area contributed by atoms with Crippen molar-refractivity contribution in [1.29, 1.82) is 0 Å². The van der Waals surface area contributed by atoms with Gasteiger partial charge in [-0.05, 0) is 39.3 Å². The maximum Gasteiger partial charge on any atom is 0.248 e. The molecule has 1 N–H and O–H groups in total. The minimum Gasteiger partial charge on any atom is -0.418 e. The molecule has 0 unspecified atom stereocenters. The van der Waals surface area contributed by atoms with E-state index < -0.39 is 5.60 Å².